The molecule has 1 aliphatic carbocycles. The fourth-order valence-corrected chi connectivity index (χ4v) is 3.22. The van der Waals surface area contributed by atoms with Gasteiger partial charge in [-0.3, -0.25) is 4.79 Å². The molecule has 1 amide bonds. The molecule has 0 radical (unpaired) electrons. The summed E-state index contributed by atoms with van der Waals surface area (Å²) < 4.78 is 2.17. The van der Waals surface area contributed by atoms with Crippen LogP contribution in [0.25, 0.3) is 17.0 Å². The van der Waals surface area contributed by atoms with Crippen LogP contribution in [-0.4, -0.2) is 26.4 Å². The van der Waals surface area contributed by atoms with Gasteiger partial charge in [-0.15, -0.1) is 0 Å². The fourth-order valence-electron chi connectivity index (χ4n) is 3.22. The van der Waals surface area contributed by atoms with Crippen molar-refractivity contribution in [2.24, 2.45) is 7.05 Å². The van der Waals surface area contributed by atoms with Crippen molar-refractivity contribution in [3.63, 3.8) is 0 Å². The number of anilines is 1. The maximum absolute atomic E-state index is 12.8. The minimum atomic E-state index is 0.0366. The first kappa shape index (κ1) is 16.4. The van der Waals surface area contributed by atoms with Gasteiger partial charge in [-0.2, -0.15) is 0 Å². The summed E-state index contributed by atoms with van der Waals surface area (Å²) in [7, 11) is 2.06. The van der Waals surface area contributed by atoms with E-state index in [2.05, 4.69) is 34.8 Å². The Morgan fingerprint density at radius 3 is 2.81 bits per heavy atom. The number of aromatic nitrogens is 2. The lowest BCUT2D eigenvalue weighted by Crippen LogP contribution is -2.31. The first-order valence-electron chi connectivity index (χ1n) is 8.85. The second-order valence-electron chi connectivity index (χ2n) is 6.80. The van der Waals surface area contributed by atoms with E-state index >= 15 is 0 Å². The van der Waals surface area contributed by atoms with Gasteiger partial charge in [0.15, 0.2) is 0 Å². The Morgan fingerprint density at radius 2 is 2.12 bits per heavy atom. The normalized spacial score (nSPS) is 14.2. The van der Waals surface area contributed by atoms with Crippen molar-refractivity contribution in [2.75, 3.05) is 5.73 Å². The molecule has 26 heavy (non-hydrogen) atoms. The molecule has 5 heteroatoms. The second kappa shape index (κ2) is 6.67. The first-order valence-corrected chi connectivity index (χ1v) is 8.85. The summed E-state index contributed by atoms with van der Waals surface area (Å²) in [5.41, 5.74) is 8.80. The summed E-state index contributed by atoms with van der Waals surface area (Å²) in [6.45, 7) is 0.624. The van der Waals surface area contributed by atoms with E-state index in [1.807, 2.05) is 23.1 Å². The molecular weight excluding hydrogens is 324 g/mol. The van der Waals surface area contributed by atoms with Crippen LogP contribution in [0.15, 0.2) is 54.7 Å². The molecule has 2 heterocycles. The number of nitrogens with two attached hydrogens (primary N) is 1. The zero-order valence-corrected chi connectivity index (χ0v) is 14.8. The molecule has 2 aromatic heterocycles. The Bertz CT molecular complexity index is 967. The highest BCUT2D eigenvalue weighted by Crippen LogP contribution is 2.30. The van der Waals surface area contributed by atoms with Crippen molar-refractivity contribution in [3.8, 4) is 0 Å². The van der Waals surface area contributed by atoms with Gasteiger partial charge in [0.2, 0.25) is 5.91 Å². The van der Waals surface area contributed by atoms with Crippen LogP contribution in [-0.2, 0) is 18.4 Å². The zero-order chi connectivity index (χ0) is 18.1. The van der Waals surface area contributed by atoms with Crippen LogP contribution in [0.4, 0.5) is 5.82 Å². The van der Waals surface area contributed by atoms with Gasteiger partial charge >= 0.3 is 0 Å². The molecule has 132 valence electrons. The van der Waals surface area contributed by atoms with E-state index < -0.39 is 0 Å². The van der Waals surface area contributed by atoms with Crippen LogP contribution in [0.2, 0.25) is 0 Å². The Kier molecular flexibility index (Phi) is 4.21. The molecule has 1 aliphatic rings. The van der Waals surface area contributed by atoms with Crippen molar-refractivity contribution in [1.82, 2.24) is 14.5 Å². The van der Waals surface area contributed by atoms with Crippen LogP contribution in [0.3, 0.4) is 0 Å². The molecule has 0 aliphatic heterocycles. The van der Waals surface area contributed by atoms with Gasteiger partial charge in [0.1, 0.15) is 5.82 Å². The Labute approximate surface area is 152 Å². The maximum atomic E-state index is 12.8. The van der Waals surface area contributed by atoms with E-state index in [4.69, 9.17) is 5.73 Å². The van der Waals surface area contributed by atoms with Crippen LogP contribution >= 0.6 is 0 Å². The average Bonchev–Trinajstić information content (AvgIpc) is 3.44. The summed E-state index contributed by atoms with van der Waals surface area (Å²) in [5, 5.41) is 1.21. The highest BCUT2D eigenvalue weighted by atomic mass is 16.2. The summed E-state index contributed by atoms with van der Waals surface area (Å²) in [6.07, 6.45) is 7.25. The number of carbonyl (C=O) groups is 1. The van der Waals surface area contributed by atoms with Gasteiger partial charge in [0.05, 0.1) is 6.54 Å². The van der Waals surface area contributed by atoms with Crippen LogP contribution in [0.1, 0.15) is 24.1 Å². The number of fused-ring (bicyclic) bond motifs is 1. The maximum Gasteiger partial charge on any atom is 0.247 e. The number of nitrogen functional groups attached to an aromatic ring is 1. The van der Waals surface area contributed by atoms with Gasteiger partial charge in [-0.25, -0.2) is 4.98 Å². The van der Waals surface area contributed by atoms with Crippen LogP contribution < -0.4 is 5.73 Å². The predicted molar refractivity (Wildman–Crippen MR) is 104 cm³/mol. The summed E-state index contributed by atoms with van der Waals surface area (Å²) in [5.74, 6) is 0.512. The third-order valence-electron chi connectivity index (χ3n) is 4.88. The topological polar surface area (TPSA) is 64.2 Å². The van der Waals surface area contributed by atoms with E-state index in [0.29, 0.717) is 18.4 Å². The number of carbonyl (C=O) groups excluding carboxylic acids is 1. The lowest BCUT2D eigenvalue weighted by Gasteiger charge is -2.21. The Balaban J connectivity index is 1.54. The Morgan fingerprint density at radius 1 is 1.31 bits per heavy atom. The van der Waals surface area contributed by atoms with Crippen molar-refractivity contribution in [1.29, 1.82) is 0 Å². The van der Waals surface area contributed by atoms with Crippen LogP contribution in [0.5, 0.6) is 0 Å². The summed E-state index contributed by atoms with van der Waals surface area (Å²) in [6, 6.07) is 14.4. The van der Waals surface area contributed by atoms with Crippen molar-refractivity contribution >= 4 is 28.7 Å². The van der Waals surface area contributed by atoms with Gasteiger partial charge in [0.25, 0.3) is 0 Å². The van der Waals surface area contributed by atoms with E-state index in [0.717, 1.165) is 24.1 Å². The average molecular weight is 346 g/mol. The molecule has 5 nitrogen and oxygen atoms in total. The number of nitrogens with zero attached hydrogens (tertiary/aromatic N) is 3. The highest BCUT2D eigenvalue weighted by molar-refractivity contribution is 5.92. The molecule has 4 rings (SSSR count). The molecule has 0 saturated heterocycles. The zero-order valence-electron chi connectivity index (χ0n) is 14.8. The smallest absolute Gasteiger partial charge is 0.247 e. The van der Waals surface area contributed by atoms with E-state index in [-0.39, 0.29) is 5.91 Å². The molecule has 0 atom stereocenters. The van der Waals surface area contributed by atoms with Crippen molar-refractivity contribution in [3.05, 3.63) is 66.0 Å². The van der Waals surface area contributed by atoms with Gasteiger partial charge < -0.3 is 15.2 Å². The standard InChI is InChI=1S/C21H22N4O/c1-24-18(12-16-4-2-3-5-19(16)24)14-25(17-8-9-17)21(26)11-7-15-6-10-20(22)23-13-15/h2-7,10-13,17H,8-9,14H2,1H3,(H2,22,23). The second-order valence-corrected chi connectivity index (χ2v) is 6.80. The molecule has 0 bridgehead atoms. The lowest BCUT2D eigenvalue weighted by molar-refractivity contribution is -0.127. The number of rotatable bonds is 5. The van der Waals surface area contributed by atoms with Gasteiger partial charge in [-0.05, 0) is 54.1 Å². The Hall–Kier alpha value is -3.08. The molecule has 0 unspecified atom stereocenters. The molecule has 0 spiro atoms. The summed E-state index contributed by atoms with van der Waals surface area (Å²) in [4.78, 5) is 18.8. The van der Waals surface area contributed by atoms with Crippen molar-refractivity contribution in [2.45, 2.75) is 25.4 Å². The quantitative estimate of drug-likeness (QED) is 0.721. The minimum absolute atomic E-state index is 0.0366. The van der Waals surface area contributed by atoms with E-state index in [9.17, 15) is 4.79 Å². The molecule has 2 N–H and O–H groups in total. The number of aryl methyl sites for hydroxylation is 1. The minimum Gasteiger partial charge on any atom is -0.384 e. The largest absolute Gasteiger partial charge is 0.384 e. The number of para-hydroxylation sites is 1. The number of hydrogen-bond acceptors (Lipinski definition) is 3. The number of benzene rings is 1. The van der Waals surface area contributed by atoms with E-state index in [1.165, 1.54) is 10.9 Å². The molecule has 1 fully saturated rings. The third-order valence-corrected chi connectivity index (χ3v) is 4.88. The van der Waals surface area contributed by atoms with Crippen molar-refractivity contribution < 1.29 is 4.79 Å². The first-order chi connectivity index (χ1) is 12.6. The summed E-state index contributed by atoms with van der Waals surface area (Å²) >= 11 is 0. The lowest BCUT2D eigenvalue weighted by atomic mass is 10.2. The third kappa shape index (κ3) is 3.33. The van der Waals surface area contributed by atoms with E-state index in [1.54, 1.807) is 24.4 Å². The highest BCUT2D eigenvalue weighted by Gasteiger charge is 2.32. The predicted octanol–water partition coefficient (Wildman–Crippen LogP) is 3.36. The molecule has 3 aromatic rings. The molecule has 1 aromatic carbocycles. The van der Waals surface area contributed by atoms with Gasteiger partial charge in [-0.1, -0.05) is 18.2 Å². The number of hydrogen-bond donors (Lipinski definition) is 1. The number of pyridine rings is 1. The molecule has 1 saturated carbocycles. The van der Waals surface area contributed by atoms with Gasteiger partial charge in [0, 0.05) is 36.6 Å². The fraction of sp³-hybridized carbons (Fsp3) is 0.238. The van der Waals surface area contributed by atoms with Crippen LogP contribution in [0, 0.1) is 0 Å². The monoisotopic (exact) mass is 346 g/mol. The number of amides is 1. The molecular formula is C21H22N4O. The SMILES string of the molecule is Cn1c(CN(C(=O)C=Cc2ccc(N)nc2)C2CC2)cc2ccccc21.